The van der Waals surface area contributed by atoms with E-state index in [1.54, 1.807) is 0 Å². The first kappa shape index (κ1) is 14.7. The molecule has 1 aliphatic carbocycles. The Hall–Kier alpha value is -1.72. The van der Waals surface area contributed by atoms with Crippen LogP contribution in [0.2, 0.25) is 0 Å². The van der Waals surface area contributed by atoms with Crippen molar-refractivity contribution in [2.45, 2.75) is 44.3 Å². The summed E-state index contributed by atoms with van der Waals surface area (Å²) >= 11 is 0. The molecule has 1 aliphatic rings. The van der Waals surface area contributed by atoms with E-state index in [1.807, 2.05) is 0 Å². The van der Waals surface area contributed by atoms with Crippen LogP contribution in [0.1, 0.15) is 37.7 Å². The molecule has 1 fully saturated rings. The number of urea groups is 1. The highest BCUT2D eigenvalue weighted by Crippen LogP contribution is 2.30. The monoisotopic (exact) mass is 286 g/mol. The zero-order valence-corrected chi connectivity index (χ0v) is 11.0. The fourth-order valence-electron chi connectivity index (χ4n) is 2.37. The molecule has 0 heterocycles. The van der Waals surface area contributed by atoms with Crippen LogP contribution in [0.3, 0.4) is 0 Å². The number of hydrogen-bond donors (Lipinski definition) is 2. The van der Waals surface area contributed by atoms with E-state index in [0.29, 0.717) is 0 Å². The lowest BCUT2D eigenvalue weighted by atomic mass is 9.96. The molecule has 2 N–H and O–H groups in total. The molecule has 2 amide bonds. The maximum Gasteiger partial charge on any atom is 0.416 e. The van der Waals surface area contributed by atoms with Gasteiger partial charge in [0.05, 0.1) is 5.56 Å². The molecule has 20 heavy (non-hydrogen) atoms. The van der Waals surface area contributed by atoms with Crippen LogP contribution in [-0.2, 0) is 6.18 Å². The van der Waals surface area contributed by atoms with Crippen molar-refractivity contribution in [3.05, 3.63) is 29.8 Å². The van der Waals surface area contributed by atoms with Gasteiger partial charge in [-0.2, -0.15) is 13.2 Å². The van der Waals surface area contributed by atoms with Crippen LogP contribution in [0.25, 0.3) is 0 Å². The molecule has 110 valence electrons. The number of rotatable bonds is 2. The topological polar surface area (TPSA) is 41.1 Å². The van der Waals surface area contributed by atoms with E-state index in [4.69, 9.17) is 0 Å². The van der Waals surface area contributed by atoms with E-state index < -0.39 is 17.8 Å². The van der Waals surface area contributed by atoms with Crippen molar-refractivity contribution < 1.29 is 18.0 Å². The van der Waals surface area contributed by atoms with Crippen molar-refractivity contribution >= 4 is 11.7 Å². The second-order valence-electron chi connectivity index (χ2n) is 5.01. The number of halogens is 3. The molecule has 2 rings (SSSR count). The van der Waals surface area contributed by atoms with Crippen molar-refractivity contribution in [1.82, 2.24) is 5.32 Å². The van der Waals surface area contributed by atoms with Gasteiger partial charge in [-0.3, -0.25) is 0 Å². The predicted octanol–water partition coefficient (Wildman–Crippen LogP) is 4.16. The van der Waals surface area contributed by atoms with Gasteiger partial charge in [0.2, 0.25) is 0 Å². The SMILES string of the molecule is O=C(Nc1cccc(C(F)(F)F)c1)NC1CCCCC1. The van der Waals surface area contributed by atoms with Gasteiger partial charge in [0.25, 0.3) is 0 Å². The molecule has 1 aromatic rings. The van der Waals surface area contributed by atoms with Gasteiger partial charge in [-0.15, -0.1) is 0 Å². The fraction of sp³-hybridized carbons (Fsp3) is 0.500. The van der Waals surface area contributed by atoms with Gasteiger partial charge < -0.3 is 10.6 Å². The van der Waals surface area contributed by atoms with E-state index in [-0.39, 0.29) is 11.7 Å². The molecule has 0 saturated heterocycles. The molecule has 6 heteroatoms. The molecule has 1 saturated carbocycles. The molecule has 0 atom stereocenters. The van der Waals surface area contributed by atoms with Crippen LogP contribution in [-0.4, -0.2) is 12.1 Å². The fourth-order valence-corrected chi connectivity index (χ4v) is 2.37. The van der Waals surface area contributed by atoms with Crippen molar-refractivity contribution in [3.8, 4) is 0 Å². The van der Waals surface area contributed by atoms with Gasteiger partial charge in [0.15, 0.2) is 0 Å². The Balaban J connectivity index is 1.93. The summed E-state index contributed by atoms with van der Waals surface area (Å²) in [6.07, 6.45) is 0.778. The van der Waals surface area contributed by atoms with Crippen molar-refractivity contribution in [1.29, 1.82) is 0 Å². The minimum atomic E-state index is -4.41. The molecule has 0 aliphatic heterocycles. The summed E-state index contributed by atoms with van der Waals surface area (Å²) in [4.78, 5) is 11.7. The first-order valence-corrected chi connectivity index (χ1v) is 6.70. The molecule has 0 radical (unpaired) electrons. The van der Waals surface area contributed by atoms with Crippen LogP contribution in [0, 0.1) is 0 Å². The number of hydrogen-bond acceptors (Lipinski definition) is 1. The standard InChI is InChI=1S/C14H17F3N2O/c15-14(16,17)10-5-4-8-12(9-10)19-13(20)18-11-6-2-1-3-7-11/h4-5,8-9,11H,1-3,6-7H2,(H2,18,19,20). The molecule has 0 aromatic heterocycles. The molecule has 0 unspecified atom stereocenters. The molecule has 3 nitrogen and oxygen atoms in total. The maximum atomic E-state index is 12.5. The Bertz CT molecular complexity index is 468. The third-order valence-corrected chi connectivity index (χ3v) is 3.39. The number of carbonyl (C=O) groups excluding carboxylic acids is 1. The first-order valence-electron chi connectivity index (χ1n) is 6.70. The summed E-state index contributed by atoms with van der Waals surface area (Å²) in [5, 5.41) is 5.25. The van der Waals surface area contributed by atoms with Crippen molar-refractivity contribution in [2.24, 2.45) is 0 Å². The van der Waals surface area contributed by atoms with Crippen LogP contribution < -0.4 is 10.6 Å². The second kappa shape index (κ2) is 6.15. The summed E-state index contributed by atoms with van der Waals surface area (Å²) in [5.74, 6) is 0. The van der Waals surface area contributed by atoms with Gasteiger partial charge in [0.1, 0.15) is 0 Å². The van der Waals surface area contributed by atoms with Gasteiger partial charge in [-0.05, 0) is 31.0 Å². The third kappa shape index (κ3) is 4.15. The van der Waals surface area contributed by atoms with Gasteiger partial charge in [-0.1, -0.05) is 25.3 Å². The Kier molecular flexibility index (Phi) is 4.52. The Morgan fingerprint density at radius 1 is 1.15 bits per heavy atom. The van der Waals surface area contributed by atoms with E-state index in [9.17, 15) is 18.0 Å². The van der Waals surface area contributed by atoms with E-state index in [1.165, 1.54) is 18.6 Å². The van der Waals surface area contributed by atoms with E-state index in [0.717, 1.165) is 37.8 Å². The highest BCUT2D eigenvalue weighted by Gasteiger charge is 2.30. The van der Waals surface area contributed by atoms with Crippen LogP contribution >= 0.6 is 0 Å². The molecule has 0 spiro atoms. The average Bonchev–Trinajstić information content (AvgIpc) is 2.39. The number of anilines is 1. The zero-order chi connectivity index (χ0) is 14.6. The number of amides is 2. The summed E-state index contributed by atoms with van der Waals surface area (Å²) in [7, 11) is 0. The minimum Gasteiger partial charge on any atom is -0.335 e. The number of carbonyl (C=O) groups is 1. The quantitative estimate of drug-likeness (QED) is 0.842. The van der Waals surface area contributed by atoms with E-state index in [2.05, 4.69) is 10.6 Å². The number of alkyl halides is 3. The molecular weight excluding hydrogens is 269 g/mol. The minimum absolute atomic E-state index is 0.120. The molecule has 1 aromatic carbocycles. The summed E-state index contributed by atoms with van der Waals surface area (Å²) < 4.78 is 37.6. The number of benzene rings is 1. The van der Waals surface area contributed by atoms with Crippen molar-refractivity contribution in [3.63, 3.8) is 0 Å². The van der Waals surface area contributed by atoms with Gasteiger partial charge in [-0.25, -0.2) is 4.79 Å². The highest BCUT2D eigenvalue weighted by atomic mass is 19.4. The highest BCUT2D eigenvalue weighted by molar-refractivity contribution is 5.89. The van der Waals surface area contributed by atoms with Gasteiger partial charge in [0, 0.05) is 11.7 Å². The first-order chi connectivity index (χ1) is 9.45. The average molecular weight is 286 g/mol. The summed E-state index contributed by atoms with van der Waals surface area (Å²) in [6.45, 7) is 0. The normalized spacial score (nSPS) is 16.8. The van der Waals surface area contributed by atoms with Crippen LogP contribution in [0.5, 0.6) is 0 Å². The third-order valence-electron chi connectivity index (χ3n) is 3.39. The molecular formula is C14H17F3N2O. The largest absolute Gasteiger partial charge is 0.416 e. The van der Waals surface area contributed by atoms with Gasteiger partial charge >= 0.3 is 12.2 Å². The Morgan fingerprint density at radius 2 is 1.85 bits per heavy atom. The van der Waals surface area contributed by atoms with Crippen LogP contribution in [0.4, 0.5) is 23.7 Å². The van der Waals surface area contributed by atoms with E-state index >= 15 is 0 Å². The summed E-state index contributed by atoms with van der Waals surface area (Å²) in [5.41, 5.74) is -0.624. The molecule has 0 bridgehead atoms. The Morgan fingerprint density at radius 3 is 2.50 bits per heavy atom. The predicted molar refractivity (Wildman–Crippen MR) is 70.5 cm³/mol. The Labute approximate surface area is 115 Å². The maximum absolute atomic E-state index is 12.5. The zero-order valence-electron chi connectivity index (χ0n) is 11.0. The summed E-state index contributed by atoms with van der Waals surface area (Å²) in [6, 6.07) is 4.30. The second-order valence-corrected chi connectivity index (χ2v) is 5.01. The van der Waals surface area contributed by atoms with Crippen LogP contribution in [0.15, 0.2) is 24.3 Å². The lowest BCUT2D eigenvalue weighted by molar-refractivity contribution is -0.137. The van der Waals surface area contributed by atoms with Crippen molar-refractivity contribution in [2.75, 3.05) is 5.32 Å². The smallest absolute Gasteiger partial charge is 0.335 e. The lowest BCUT2D eigenvalue weighted by Gasteiger charge is -2.23. The lowest BCUT2D eigenvalue weighted by Crippen LogP contribution is -2.39. The number of nitrogens with one attached hydrogen (secondary N) is 2.